The number of aryl methyl sites for hydroxylation is 1. The summed E-state index contributed by atoms with van der Waals surface area (Å²) in [5, 5.41) is 0.845. The Balaban J connectivity index is 0.000000963. The van der Waals surface area contributed by atoms with Crippen LogP contribution in [0.3, 0.4) is 0 Å². The quantitative estimate of drug-likeness (QED) is 0.581. The fraction of sp³-hybridized carbons (Fsp3) is 0.100. The molecule has 0 saturated heterocycles. The van der Waals surface area contributed by atoms with E-state index in [2.05, 4.69) is 20.4 Å². The summed E-state index contributed by atoms with van der Waals surface area (Å²) in [5.41, 5.74) is 2.48. The number of aromatic nitrogens is 3. The number of oxazole rings is 1. The van der Waals surface area contributed by atoms with E-state index in [1.54, 1.807) is 6.07 Å². The van der Waals surface area contributed by atoms with Crippen LogP contribution in [0.2, 0.25) is 0 Å². The summed E-state index contributed by atoms with van der Waals surface area (Å²) in [6, 6.07) is 6.79. The van der Waals surface area contributed by atoms with Gasteiger partial charge in [0.2, 0.25) is 0 Å². The Kier molecular flexibility index (Phi) is 3.14. The average Bonchev–Trinajstić information content (AvgIpc) is 2.82. The Morgan fingerprint density at radius 2 is 2.31 bits per heavy atom. The molecule has 83 valence electrons. The molecule has 16 heavy (non-hydrogen) atoms. The van der Waals surface area contributed by atoms with Crippen LogP contribution in [-0.2, 0) is 20.1 Å². The van der Waals surface area contributed by atoms with Gasteiger partial charge in [-0.05, 0) is 0 Å². The molecule has 0 bridgehead atoms. The molecular weight excluding hydrogens is 402 g/mol. The second-order valence-electron chi connectivity index (χ2n) is 3.08. The summed E-state index contributed by atoms with van der Waals surface area (Å²) in [5.74, 6) is 0.660. The fourth-order valence-electron chi connectivity index (χ4n) is 1.40. The van der Waals surface area contributed by atoms with E-state index >= 15 is 0 Å². The van der Waals surface area contributed by atoms with Gasteiger partial charge in [0.15, 0.2) is 5.89 Å². The van der Waals surface area contributed by atoms with Crippen molar-refractivity contribution in [1.82, 2.24) is 14.3 Å². The Bertz CT molecular complexity index is 606. The van der Waals surface area contributed by atoms with Crippen molar-refractivity contribution in [1.29, 1.82) is 0 Å². The molecule has 3 rings (SSSR count). The van der Waals surface area contributed by atoms with Crippen LogP contribution in [-0.4, -0.2) is 14.3 Å². The molecule has 0 fully saturated rings. The van der Waals surface area contributed by atoms with Crippen LogP contribution in [0.1, 0.15) is 5.89 Å². The standard InChI is InChI=1S/C10H6N3OS.Ir/c1-6-13-8-4-7(2-3-9(8)14-6)10-11-5-12-15-10;/h3-5H,1H3;/q-1;. The van der Waals surface area contributed by atoms with Crippen molar-refractivity contribution in [3.05, 3.63) is 30.4 Å². The van der Waals surface area contributed by atoms with Crippen molar-refractivity contribution < 1.29 is 24.5 Å². The van der Waals surface area contributed by atoms with Gasteiger partial charge in [0.25, 0.3) is 0 Å². The number of rotatable bonds is 1. The van der Waals surface area contributed by atoms with Crippen molar-refractivity contribution in [2.45, 2.75) is 6.92 Å². The van der Waals surface area contributed by atoms with Crippen molar-refractivity contribution in [2.24, 2.45) is 0 Å². The molecule has 4 nitrogen and oxygen atoms in total. The monoisotopic (exact) mass is 409 g/mol. The minimum absolute atomic E-state index is 0. The molecule has 0 saturated carbocycles. The maximum absolute atomic E-state index is 5.37. The van der Waals surface area contributed by atoms with Crippen LogP contribution in [0.4, 0.5) is 0 Å². The minimum Gasteiger partial charge on any atom is -0.488 e. The predicted molar refractivity (Wildman–Crippen MR) is 56.5 cm³/mol. The van der Waals surface area contributed by atoms with Crippen LogP contribution in [0.15, 0.2) is 22.9 Å². The van der Waals surface area contributed by atoms with Crippen LogP contribution >= 0.6 is 11.5 Å². The first-order chi connectivity index (χ1) is 7.33. The molecule has 1 radical (unpaired) electrons. The second-order valence-corrected chi connectivity index (χ2v) is 3.86. The molecule has 0 aliphatic heterocycles. The molecular formula is C10H6IrN3OS-. The van der Waals surface area contributed by atoms with Crippen LogP contribution in [0.25, 0.3) is 21.7 Å². The zero-order chi connectivity index (χ0) is 10.3. The van der Waals surface area contributed by atoms with Gasteiger partial charge in [0, 0.05) is 32.5 Å². The third-order valence-corrected chi connectivity index (χ3v) is 2.72. The summed E-state index contributed by atoms with van der Waals surface area (Å²) in [7, 11) is 0. The maximum atomic E-state index is 5.37. The van der Waals surface area contributed by atoms with Crippen molar-refractivity contribution in [3.8, 4) is 10.6 Å². The Hall–Kier alpha value is -1.10. The van der Waals surface area contributed by atoms with Gasteiger partial charge in [-0.1, -0.05) is 11.5 Å². The molecule has 6 heteroatoms. The summed E-state index contributed by atoms with van der Waals surface area (Å²) in [6.45, 7) is 1.82. The van der Waals surface area contributed by atoms with Crippen LogP contribution < -0.4 is 0 Å². The number of hydrogen-bond acceptors (Lipinski definition) is 5. The average molecular weight is 408 g/mol. The minimum atomic E-state index is 0. The zero-order valence-corrected chi connectivity index (χ0v) is 11.4. The smallest absolute Gasteiger partial charge is 0.180 e. The molecule has 1 aromatic carbocycles. The van der Waals surface area contributed by atoms with E-state index in [0.29, 0.717) is 5.89 Å². The van der Waals surface area contributed by atoms with E-state index in [4.69, 9.17) is 4.42 Å². The molecule has 3 aromatic rings. The largest absolute Gasteiger partial charge is 0.488 e. The normalized spacial score (nSPS) is 10.3. The van der Waals surface area contributed by atoms with Crippen molar-refractivity contribution >= 4 is 22.6 Å². The number of hydrogen-bond donors (Lipinski definition) is 0. The van der Waals surface area contributed by atoms with Crippen LogP contribution in [0, 0.1) is 13.0 Å². The van der Waals surface area contributed by atoms with E-state index in [-0.39, 0.29) is 20.1 Å². The number of benzene rings is 1. The number of nitrogens with zero attached hydrogens (tertiary/aromatic N) is 3. The van der Waals surface area contributed by atoms with Gasteiger partial charge >= 0.3 is 0 Å². The fourth-order valence-corrected chi connectivity index (χ4v) is 1.91. The molecule has 0 amide bonds. The van der Waals surface area contributed by atoms with E-state index in [0.717, 1.165) is 21.7 Å². The third-order valence-electron chi connectivity index (χ3n) is 2.02. The third kappa shape index (κ3) is 1.91. The number of fused-ring (bicyclic) bond motifs is 1. The molecule has 0 unspecified atom stereocenters. The van der Waals surface area contributed by atoms with E-state index < -0.39 is 0 Å². The predicted octanol–water partition coefficient (Wildman–Crippen LogP) is 2.45. The first-order valence-electron chi connectivity index (χ1n) is 4.39. The molecule has 0 aliphatic carbocycles. The summed E-state index contributed by atoms with van der Waals surface area (Å²) in [6.07, 6.45) is 1.53. The van der Waals surface area contributed by atoms with E-state index in [1.165, 1.54) is 17.9 Å². The summed E-state index contributed by atoms with van der Waals surface area (Å²) >= 11 is 1.34. The first kappa shape index (κ1) is 11.4. The van der Waals surface area contributed by atoms with Gasteiger partial charge in [-0.3, -0.25) is 4.98 Å². The van der Waals surface area contributed by atoms with Gasteiger partial charge in [-0.15, -0.1) is 23.8 Å². The Morgan fingerprint density at radius 3 is 3.06 bits per heavy atom. The first-order valence-corrected chi connectivity index (χ1v) is 5.16. The van der Waals surface area contributed by atoms with Gasteiger partial charge in [-0.2, -0.15) is 4.37 Å². The Labute approximate surface area is 109 Å². The van der Waals surface area contributed by atoms with Gasteiger partial charge in [-0.25, -0.2) is 4.98 Å². The van der Waals surface area contributed by atoms with Crippen LogP contribution in [0.5, 0.6) is 0 Å². The topological polar surface area (TPSA) is 51.8 Å². The molecule has 2 heterocycles. The van der Waals surface area contributed by atoms with E-state index in [9.17, 15) is 0 Å². The summed E-state index contributed by atoms with van der Waals surface area (Å²) < 4.78 is 9.32. The molecule has 0 atom stereocenters. The molecule has 0 N–H and O–H groups in total. The molecule has 2 aromatic heterocycles. The van der Waals surface area contributed by atoms with Gasteiger partial charge < -0.3 is 4.42 Å². The van der Waals surface area contributed by atoms with E-state index in [1.807, 2.05) is 13.0 Å². The van der Waals surface area contributed by atoms with Crippen molar-refractivity contribution in [3.63, 3.8) is 0 Å². The molecule has 0 spiro atoms. The summed E-state index contributed by atoms with van der Waals surface area (Å²) in [4.78, 5) is 8.37. The Morgan fingerprint density at radius 1 is 1.44 bits per heavy atom. The second kappa shape index (κ2) is 4.41. The molecule has 0 aliphatic rings. The van der Waals surface area contributed by atoms with Gasteiger partial charge in [0.1, 0.15) is 6.33 Å². The maximum Gasteiger partial charge on any atom is 0.180 e. The van der Waals surface area contributed by atoms with Gasteiger partial charge in [0.05, 0.1) is 10.6 Å². The SMILES string of the molecule is Cc1nc2cc(-c3ncns3)[c-]cc2o1.[Ir]. The zero-order valence-electron chi connectivity index (χ0n) is 8.22. The van der Waals surface area contributed by atoms with Crippen molar-refractivity contribution in [2.75, 3.05) is 0 Å².